The number of sulfonamides is 1. The number of hydrogen-bond acceptors (Lipinski definition) is 3. The first-order valence-electron chi connectivity index (χ1n) is 5.64. The first kappa shape index (κ1) is 13.9. The molecule has 0 saturated heterocycles. The summed E-state index contributed by atoms with van der Waals surface area (Å²) in [5.41, 5.74) is 2.16. The largest absolute Gasteiger partial charge is 0.281 e. The molecule has 0 aliphatic heterocycles. The van der Waals surface area contributed by atoms with Crippen molar-refractivity contribution in [1.29, 1.82) is 0 Å². The number of aryl methyl sites for hydroxylation is 2. The van der Waals surface area contributed by atoms with Gasteiger partial charge in [0.1, 0.15) is 4.90 Å². The summed E-state index contributed by atoms with van der Waals surface area (Å²) in [4.78, 5) is 0.178. The number of nitrogens with one attached hydrogen (secondary N) is 2. The van der Waals surface area contributed by atoms with Crippen molar-refractivity contribution in [2.75, 3.05) is 4.72 Å². The lowest BCUT2D eigenvalue weighted by atomic mass is 10.2. The van der Waals surface area contributed by atoms with E-state index in [9.17, 15) is 8.42 Å². The lowest BCUT2D eigenvalue weighted by Gasteiger charge is -2.11. The Kier molecular flexibility index (Phi) is 3.82. The smallest absolute Gasteiger partial charge is 0.265 e. The van der Waals surface area contributed by atoms with Gasteiger partial charge in [-0.1, -0.05) is 18.2 Å². The molecule has 2 rings (SSSR count). The van der Waals surface area contributed by atoms with Crippen LogP contribution >= 0.6 is 11.6 Å². The number of hydrogen-bond donors (Lipinski definition) is 2. The van der Waals surface area contributed by atoms with E-state index in [4.69, 9.17) is 11.6 Å². The van der Waals surface area contributed by atoms with Crippen LogP contribution in [-0.2, 0) is 15.9 Å². The molecule has 2 aromatic rings. The topological polar surface area (TPSA) is 74.8 Å². The molecule has 19 heavy (non-hydrogen) atoms. The van der Waals surface area contributed by atoms with Crippen molar-refractivity contribution in [3.05, 3.63) is 41.2 Å². The van der Waals surface area contributed by atoms with Crippen LogP contribution in [0.2, 0.25) is 0 Å². The summed E-state index contributed by atoms with van der Waals surface area (Å²) in [5, 5.41) is 6.56. The van der Waals surface area contributed by atoms with Gasteiger partial charge in [-0.25, -0.2) is 8.42 Å². The summed E-state index contributed by atoms with van der Waals surface area (Å²) in [5.74, 6) is 0.238. The normalized spacial score (nSPS) is 11.5. The van der Waals surface area contributed by atoms with Crippen LogP contribution in [0.1, 0.15) is 17.0 Å². The second-order valence-electron chi connectivity index (χ2n) is 4.16. The minimum atomic E-state index is -3.67. The molecule has 102 valence electrons. The van der Waals surface area contributed by atoms with E-state index in [0.29, 0.717) is 17.1 Å². The Balaban J connectivity index is 2.43. The van der Waals surface area contributed by atoms with Crippen LogP contribution in [0.25, 0.3) is 0 Å². The number of benzene rings is 1. The zero-order chi connectivity index (χ0) is 14.0. The van der Waals surface area contributed by atoms with Gasteiger partial charge in [0.25, 0.3) is 10.0 Å². The molecule has 1 aromatic heterocycles. The molecule has 0 radical (unpaired) electrons. The Morgan fingerprint density at radius 3 is 2.58 bits per heavy atom. The van der Waals surface area contributed by atoms with Gasteiger partial charge in [0, 0.05) is 5.88 Å². The molecule has 0 amide bonds. The first-order valence-corrected chi connectivity index (χ1v) is 7.65. The molecule has 0 bridgehead atoms. The van der Waals surface area contributed by atoms with Crippen molar-refractivity contribution in [3.8, 4) is 0 Å². The zero-order valence-corrected chi connectivity index (χ0v) is 12.1. The molecule has 7 heteroatoms. The van der Waals surface area contributed by atoms with Crippen molar-refractivity contribution >= 4 is 27.3 Å². The van der Waals surface area contributed by atoms with Gasteiger partial charge < -0.3 is 0 Å². The van der Waals surface area contributed by atoms with E-state index < -0.39 is 10.0 Å². The molecule has 1 aromatic carbocycles. The minimum Gasteiger partial charge on any atom is -0.281 e. The summed E-state index contributed by atoms with van der Waals surface area (Å²) < 4.78 is 27.3. The van der Waals surface area contributed by atoms with Gasteiger partial charge in [0.2, 0.25) is 0 Å². The molecule has 0 fully saturated rings. The Hall–Kier alpha value is -1.53. The Labute approximate surface area is 117 Å². The van der Waals surface area contributed by atoms with Crippen molar-refractivity contribution in [2.45, 2.75) is 24.6 Å². The number of aromatic nitrogens is 2. The third kappa shape index (κ3) is 2.74. The number of aromatic amines is 1. The number of para-hydroxylation sites is 1. The third-order valence-corrected chi connectivity index (χ3v) is 4.65. The Morgan fingerprint density at radius 2 is 2.00 bits per heavy atom. The molecule has 2 N–H and O–H groups in total. The maximum absolute atomic E-state index is 12.4. The second kappa shape index (κ2) is 5.22. The maximum atomic E-state index is 12.4. The zero-order valence-electron chi connectivity index (χ0n) is 10.6. The Morgan fingerprint density at radius 1 is 1.32 bits per heavy atom. The van der Waals surface area contributed by atoms with Crippen LogP contribution in [0.3, 0.4) is 0 Å². The van der Waals surface area contributed by atoms with Gasteiger partial charge >= 0.3 is 0 Å². The quantitative estimate of drug-likeness (QED) is 0.852. The van der Waals surface area contributed by atoms with E-state index in [-0.39, 0.29) is 10.8 Å². The summed E-state index contributed by atoms with van der Waals surface area (Å²) in [6, 6.07) is 7.02. The number of anilines is 1. The van der Waals surface area contributed by atoms with E-state index >= 15 is 0 Å². The van der Waals surface area contributed by atoms with E-state index in [0.717, 1.165) is 5.56 Å². The molecule has 0 spiro atoms. The number of halogens is 1. The van der Waals surface area contributed by atoms with E-state index in [2.05, 4.69) is 14.9 Å². The SMILES string of the molecule is Cc1n[nH]c(C)c1S(=O)(=O)Nc1ccccc1CCl. The minimum absolute atomic E-state index is 0.178. The fourth-order valence-corrected chi connectivity index (χ4v) is 3.58. The fourth-order valence-electron chi connectivity index (χ4n) is 1.87. The monoisotopic (exact) mass is 299 g/mol. The van der Waals surface area contributed by atoms with Crippen LogP contribution in [0.5, 0.6) is 0 Å². The van der Waals surface area contributed by atoms with E-state index in [1.807, 2.05) is 6.07 Å². The summed E-state index contributed by atoms with van der Waals surface area (Å²) in [6.07, 6.45) is 0. The number of alkyl halides is 1. The van der Waals surface area contributed by atoms with Crippen LogP contribution in [-0.4, -0.2) is 18.6 Å². The molecule has 0 aliphatic rings. The van der Waals surface area contributed by atoms with Gasteiger partial charge in [-0.05, 0) is 25.5 Å². The van der Waals surface area contributed by atoms with Crippen molar-refractivity contribution in [3.63, 3.8) is 0 Å². The molecule has 5 nitrogen and oxygen atoms in total. The molecular formula is C12H14ClN3O2S. The van der Waals surface area contributed by atoms with Crippen LogP contribution < -0.4 is 4.72 Å². The van der Waals surface area contributed by atoms with Gasteiger partial charge in [0.05, 0.1) is 17.1 Å². The van der Waals surface area contributed by atoms with E-state index in [1.165, 1.54) is 0 Å². The predicted octanol–water partition coefficient (Wildman–Crippen LogP) is 2.57. The van der Waals surface area contributed by atoms with Gasteiger partial charge in [0.15, 0.2) is 0 Å². The first-order chi connectivity index (χ1) is 8.95. The lowest BCUT2D eigenvalue weighted by Crippen LogP contribution is -2.15. The molecule has 0 atom stereocenters. The van der Waals surface area contributed by atoms with Crippen molar-refractivity contribution < 1.29 is 8.42 Å². The van der Waals surface area contributed by atoms with Crippen molar-refractivity contribution in [2.24, 2.45) is 0 Å². The van der Waals surface area contributed by atoms with Gasteiger partial charge in [-0.3, -0.25) is 9.82 Å². The molecular weight excluding hydrogens is 286 g/mol. The highest BCUT2D eigenvalue weighted by molar-refractivity contribution is 7.92. The van der Waals surface area contributed by atoms with Crippen molar-refractivity contribution in [1.82, 2.24) is 10.2 Å². The summed E-state index contributed by atoms with van der Waals surface area (Å²) in [6.45, 7) is 3.31. The van der Waals surface area contributed by atoms with Gasteiger partial charge in [-0.15, -0.1) is 11.6 Å². The van der Waals surface area contributed by atoms with Gasteiger partial charge in [-0.2, -0.15) is 5.10 Å². The van der Waals surface area contributed by atoms with Crippen LogP contribution in [0, 0.1) is 13.8 Å². The average molecular weight is 300 g/mol. The fraction of sp³-hybridized carbons (Fsp3) is 0.250. The second-order valence-corrected chi connectivity index (χ2v) is 6.05. The predicted molar refractivity (Wildman–Crippen MR) is 74.9 cm³/mol. The van der Waals surface area contributed by atoms with Crippen LogP contribution in [0.4, 0.5) is 5.69 Å². The van der Waals surface area contributed by atoms with E-state index in [1.54, 1.807) is 32.0 Å². The number of nitrogens with zero attached hydrogens (tertiary/aromatic N) is 1. The standard InChI is InChI=1S/C12H14ClN3O2S/c1-8-12(9(2)15-14-8)19(17,18)16-11-6-4-3-5-10(11)7-13/h3-6,16H,7H2,1-2H3,(H,14,15). The summed E-state index contributed by atoms with van der Waals surface area (Å²) >= 11 is 5.80. The number of rotatable bonds is 4. The summed E-state index contributed by atoms with van der Waals surface area (Å²) in [7, 11) is -3.67. The third-order valence-electron chi connectivity index (χ3n) is 2.73. The molecule has 0 saturated carbocycles. The molecule has 1 heterocycles. The highest BCUT2D eigenvalue weighted by Gasteiger charge is 2.22. The Bertz CT molecular complexity index is 675. The molecule has 0 unspecified atom stereocenters. The average Bonchev–Trinajstić information content (AvgIpc) is 2.70. The maximum Gasteiger partial charge on any atom is 0.265 e. The highest BCUT2D eigenvalue weighted by Crippen LogP contribution is 2.23. The van der Waals surface area contributed by atoms with Crippen LogP contribution in [0.15, 0.2) is 29.2 Å². The number of H-pyrrole nitrogens is 1. The lowest BCUT2D eigenvalue weighted by molar-refractivity contribution is 0.600. The highest BCUT2D eigenvalue weighted by atomic mass is 35.5. The molecule has 0 aliphatic carbocycles.